The maximum Gasteiger partial charge on any atom is 0.286 e. The quantitative estimate of drug-likeness (QED) is 0.854. The Kier molecular flexibility index (Phi) is 4.61. The molecule has 0 saturated carbocycles. The molecule has 2 amide bonds. The van der Waals surface area contributed by atoms with Crippen LogP contribution < -0.4 is 20.1 Å². The number of carbonyl (C=O) groups is 2. The van der Waals surface area contributed by atoms with Crippen molar-refractivity contribution in [3.05, 3.63) is 28.2 Å². The molecule has 2 N–H and O–H groups in total. The molecule has 9 heteroatoms. The van der Waals surface area contributed by atoms with E-state index in [0.29, 0.717) is 22.2 Å². The van der Waals surface area contributed by atoms with Crippen molar-refractivity contribution in [2.24, 2.45) is 5.92 Å². The van der Waals surface area contributed by atoms with Gasteiger partial charge in [-0.1, -0.05) is 25.2 Å². The third-order valence-electron chi connectivity index (χ3n) is 3.23. The zero-order valence-corrected chi connectivity index (χ0v) is 14.0. The van der Waals surface area contributed by atoms with Gasteiger partial charge in [0.1, 0.15) is 5.01 Å². The molecule has 0 saturated heterocycles. The predicted octanol–water partition coefficient (Wildman–Crippen LogP) is 1.79. The molecular formula is C15H16N4O4S. The first-order valence-corrected chi connectivity index (χ1v) is 8.15. The Hall–Kier alpha value is -2.68. The van der Waals surface area contributed by atoms with E-state index in [2.05, 4.69) is 20.8 Å². The molecule has 24 heavy (non-hydrogen) atoms. The van der Waals surface area contributed by atoms with E-state index in [0.717, 1.165) is 11.3 Å². The van der Waals surface area contributed by atoms with Crippen LogP contribution in [0.2, 0.25) is 0 Å². The molecule has 8 nitrogen and oxygen atoms in total. The molecule has 0 bridgehead atoms. The monoisotopic (exact) mass is 348 g/mol. The largest absolute Gasteiger partial charge is 0.454 e. The van der Waals surface area contributed by atoms with Crippen LogP contribution in [0.1, 0.15) is 28.7 Å². The molecule has 126 valence electrons. The number of ether oxygens (including phenoxy) is 2. The van der Waals surface area contributed by atoms with Gasteiger partial charge in [-0.15, -0.1) is 10.2 Å². The van der Waals surface area contributed by atoms with Crippen molar-refractivity contribution < 1.29 is 19.1 Å². The van der Waals surface area contributed by atoms with Crippen molar-refractivity contribution in [2.75, 3.05) is 12.1 Å². The summed E-state index contributed by atoms with van der Waals surface area (Å²) in [6.45, 7) is 4.04. The molecule has 1 aromatic carbocycles. The molecule has 2 heterocycles. The Morgan fingerprint density at radius 1 is 1.25 bits per heavy atom. The van der Waals surface area contributed by atoms with Crippen molar-refractivity contribution in [2.45, 2.75) is 20.4 Å². The van der Waals surface area contributed by atoms with Crippen LogP contribution in [0, 0.1) is 5.92 Å². The zero-order chi connectivity index (χ0) is 17.1. The number of rotatable bonds is 5. The van der Waals surface area contributed by atoms with E-state index >= 15 is 0 Å². The third kappa shape index (κ3) is 3.62. The molecule has 0 spiro atoms. The van der Waals surface area contributed by atoms with E-state index in [1.54, 1.807) is 32.0 Å². The highest BCUT2D eigenvalue weighted by molar-refractivity contribution is 7.13. The molecule has 2 aromatic rings. The zero-order valence-electron chi connectivity index (χ0n) is 13.2. The second-order valence-corrected chi connectivity index (χ2v) is 6.46. The minimum atomic E-state index is -0.368. The van der Waals surface area contributed by atoms with Gasteiger partial charge in [-0.3, -0.25) is 9.59 Å². The van der Waals surface area contributed by atoms with Crippen LogP contribution in [0.4, 0.5) is 5.69 Å². The number of amides is 2. The van der Waals surface area contributed by atoms with Gasteiger partial charge in [0.25, 0.3) is 5.91 Å². The average Bonchev–Trinajstić information content (AvgIpc) is 3.21. The standard InChI is InChI=1S/C15H16N4O4S/c1-8(2)13(20)16-6-12-18-19-15(24-12)14(21)17-9-3-4-10-11(5-9)23-7-22-10/h3-5,8H,6-7H2,1-2H3,(H,16,20)(H,17,21). The van der Waals surface area contributed by atoms with Crippen LogP contribution in [-0.4, -0.2) is 28.8 Å². The topological polar surface area (TPSA) is 102 Å². The van der Waals surface area contributed by atoms with Gasteiger partial charge in [-0.2, -0.15) is 0 Å². The second kappa shape index (κ2) is 6.83. The highest BCUT2D eigenvalue weighted by Gasteiger charge is 2.17. The van der Waals surface area contributed by atoms with E-state index in [1.165, 1.54) is 0 Å². The normalized spacial score (nSPS) is 12.3. The number of anilines is 1. The fourth-order valence-electron chi connectivity index (χ4n) is 1.94. The first-order valence-electron chi connectivity index (χ1n) is 7.34. The molecule has 1 aliphatic rings. The molecule has 0 unspecified atom stereocenters. The molecule has 0 atom stereocenters. The van der Waals surface area contributed by atoms with Crippen LogP contribution >= 0.6 is 11.3 Å². The Bertz CT molecular complexity index is 775. The summed E-state index contributed by atoms with van der Waals surface area (Å²) in [5.74, 6) is 0.685. The summed E-state index contributed by atoms with van der Waals surface area (Å²) < 4.78 is 10.5. The van der Waals surface area contributed by atoms with Gasteiger partial charge in [-0.05, 0) is 12.1 Å². The third-order valence-corrected chi connectivity index (χ3v) is 4.15. The minimum Gasteiger partial charge on any atom is -0.454 e. The van der Waals surface area contributed by atoms with Crippen molar-refractivity contribution in [3.8, 4) is 11.5 Å². The highest BCUT2D eigenvalue weighted by atomic mass is 32.1. The molecule has 0 radical (unpaired) electrons. The van der Waals surface area contributed by atoms with Gasteiger partial charge in [-0.25, -0.2) is 0 Å². The fourth-order valence-corrected chi connectivity index (χ4v) is 2.62. The van der Waals surface area contributed by atoms with E-state index in [1.807, 2.05) is 0 Å². The van der Waals surface area contributed by atoms with Gasteiger partial charge in [0.15, 0.2) is 11.5 Å². The molecule has 3 rings (SSSR count). The summed E-state index contributed by atoms with van der Waals surface area (Å²) in [5, 5.41) is 14.0. The van der Waals surface area contributed by atoms with Crippen molar-refractivity contribution in [3.63, 3.8) is 0 Å². The van der Waals surface area contributed by atoms with E-state index < -0.39 is 0 Å². The van der Waals surface area contributed by atoms with Crippen LogP contribution in [0.3, 0.4) is 0 Å². The Balaban J connectivity index is 1.60. The summed E-state index contributed by atoms with van der Waals surface area (Å²) in [4.78, 5) is 23.7. The summed E-state index contributed by atoms with van der Waals surface area (Å²) >= 11 is 1.13. The van der Waals surface area contributed by atoms with Gasteiger partial charge in [0.2, 0.25) is 17.7 Å². The van der Waals surface area contributed by atoms with Crippen molar-refractivity contribution >= 4 is 28.8 Å². The van der Waals surface area contributed by atoms with Gasteiger partial charge < -0.3 is 20.1 Å². The molecule has 1 aromatic heterocycles. The SMILES string of the molecule is CC(C)C(=O)NCc1nnc(C(=O)Nc2ccc3c(c2)OCO3)s1. The Labute approximate surface area is 142 Å². The highest BCUT2D eigenvalue weighted by Crippen LogP contribution is 2.34. The number of nitrogens with zero attached hydrogens (tertiary/aromatic N) is 2. The van der Waals surface area contributed by atoms with E-state index in [-0.39, 0.29) is 36.1 Å². The maximum atomic E-state index is 12.2. The van der Waals surface area contributed by atoms with Gasteiger partial charge in [0, 0.05) is 17.7 Å². The number of hydrogen-bond donors (Lipinski definition) is 2. The molecule has 0 fully saturated rings. The Morgan fingerprint density at radius 3 is 2.83 bits per heavy atom. The summed E-state index contributed by atoms with van der Waals surface area (Å²) in [6.07, 6.45) is 0. The number of nitrogens with one attached hydrogen (secondary N) is 2. The number of fused-ring (bicyclic) bond motifs is 1. The number of aromatic nitrogens is 2. The second-order valence-electron chi connectivity index (χ2n) is 5.40. The average molecular weight is 348 g/mol. The van der Waals surface area contributed by atoms with Crippen molar-refractivity contribution in [1.29, 1.82) is 0 Å². The van der Waals surface area contributed by atoms with Crippen LogP contribution in [0.15, 0.2) is 18.2 Å². The van der Waals surface area contributed by atoms with Crippen LogP contribution in [0.5, 0.6) is 11.5 Å². The number of carbonyl (C=O) groups excluding carboxylic acids is 2. The smallest absolute Gasteiger partial charge is 0.286 e. The van der Waals surface area contributed by atoms with Gasteiger partial charge >= 0.3 is 0 Å². The van der Waals surface area contributed by atoms with Crippen LogP contribution in [0.25, 0.3) is 0 Å². The summed E-state index contributed by atoms with van der Waals surface area (Å²) in [7, 11) is 0. The summed E-state index contributed by atoms with van der Waals surface area (Å²) in [5.41, 5.74) is 0.578. The Morgan fingerprint density at radius 2 is 2.04 bits per heavy atom. The van der Waals surface area contributed by atoms with E-state index in [4.69, 9.17) is 9.47 Å². The first-order chi connectivity index (χ1) is 11.5. The fraction of sp³-hybridized carbons (Fsp3) is 0.333. The minimum absolute atomic E-state index is 0.0726. The lowest BCUT2D eigenvalue weighted by atomic mass is 10.2. The van der Waals surface area contributed by atoms with Gasteiger partial charge in [0.05, 0.1) is 6.54 Å². The van der Waals surface area contributed by atoms with E-state index in [9.17, 15) is 9.59 Å². The first kappa shape index (κ1) is 16.2. The number of benzene rings is 1. The number of hydrogen-bond acceptors (Lipinski definition) is 7. The molecular weight excluding hydrogens is 332 g/mol. The predicted molar refractivity (Wildman–Crippen MR) is 87.1 cm³/mol. The van der Waals surface area contributed by atoms with Crippen molar-refractivity contribution in [1.82, 2.24) is 15.5 Å². The van der Waals surface area contributed by atoms with Crippen LogP contribution in [-0.2, 0) is 11.3 Å². The molecule has 1 aliphatic heterocycles. The summed E-state index contributed by atoms with van der Waals surface area (Å²) in [6, 6.07) is 5.13. The lowest BCUT2D eigenvalue weighted by Crippen LogP contribution is -2.27. The molecule has 0 aliphatic carbocycles. The lowest BCUT2D eigenvalue weighted by molar-refractivity contribution is -0.124. The maximum absolute atomic E-state index is 12.2. The lowest BCUT2D eigenvalue weighted by Gasteiger charge is -2.04.